The zero-order valence-electron chi connectivity index (χ0n) is 47.2. The van der Waals surface area contributed by atoms with Crippen molar-refractivity contribution in [3.63, 3.8) is 0 Å². The number of unbranched alkanes of at least 4 members (excludes halogenated alkanes) is 26. The summed E-state index contributed by atoms with van der Waals surface area (Å²) in [6, 6.07) is -1.05. The van der Waals surface area contributed by atoms with E-state index in [1.807, 2.05) is 18.2 Å². The van der Waals surface area contributed by atoms with Crippen LogP contribution in [-0.4, -0.2) is 99.6 Å². The van der Waals surface area contributed by atoms with Crippen molar-refractivity contribution < 1.29 is 49.3 Å². The Morgan fingerprint density at radius 1 is 0.541 bits per heavy atom. The molecule has 428 valence electrons. The summed E-state index contributed by atoms with van der Waals surface area (Å²) < 4.78 is 17.6. The molecular formula is C63H111NO10. The van der Waals surface area contributed by atoms with Crippen LogP contribution >= 0.6 is 0 Å². The van der Waals surface area contributed by atoms with Crippen molar-refractivity contribution in [3.8, 4) is 0 Å². The number of aliphatic hydroxyl groups excluding tert-OH is 5. The van der Waals surface area contributed by atoms with Gasteiger partial charge in [0.2, 0.25) is 5.91 Å². The molecule has 0 aromatic carbocycles. The van der Waals surface area contributed by atoms with Crippen LogP contribution in [0.4, 0.5) is 0 Å². The van der Waals surface area contributed by atoms with Gasteiger partial charge in [0.05, 0.1) is 25.4 Å². The molecule has 0 saturated carbocycles. The molecule has 1 heterocycles. The minimum absolute atomic E-state index is 0.118. The second-order valence-electron chi connectivity index (χ2n) is 20.7. The van der Waals surface area contributed by atoms with Crippen LogP contribution in [0.15, 0.2) is 72.9 Å². The van der Waals surface area contributed by atoms with Gasteiger partial charge in [-0.25, -0.2) is 0 Å². The first-order valence-corrected chi connectivity index (χ1v) is 30.2. The van der Waals surface area contributed by atoms with Crippen LogP contribution in [0.25, 0.3) is 0 Å². The summed E-state index contributed by atoms with van der Waals surface area (Å²) in [4.78, 5) is 26.5. The van der Waals surface area contributed by atoms with Crippen molar-refractivity contribution in [1.29, 1.82) is 0 Å². The van der Waals surface area contributed by atoms with Crippen LogP contribution in [-0.2, 0) is 23.8 Å². The first kappa shape index (κ1) is 69.1. The lowest BCUT2D eigenvalue weighted by molar-refractivity contribution is -0.305. The molecule has 74 heavy (non-hydrogen) atoms. The summed E-state index contributed by atoms with van der Waals surface area (Å²) in [5.74, 6) is -1.25. The maximum Gasteiger partial charge on any atom is 0.306 e. The fraction of sp³-hybridized carbons (Fsp3) is 0.778. The number of hydrogen-bond donors (Lipinski definition) is 6. The summed E-state index contributed by atoms with van der Waals surface area (Å²) in [5.41, 5.74) is 0. The SMILES string of the molecule is CC/C=C\C/C=C\C/C=C\C/C=C\C/C=C\CCC(O)C(=O)NC(COC1OC(CO)C(O)C(O)C1OC(=O)CCCCCCCCCCCCCCCCCCC)C(O)/C=C/CCCCCCCCCCCC. The molecule has 1 aliphatic heterocycles. The molecule has 11 heteroatoms. The van der Waals surface area contributed by atoms with Crippen LogP contribution in [0, 0.1) is 0 Å². The van der Waals surface area contributed by atoms with Gasteiger partial charge in [-0.2, -0.15) is 0 Å². The van der Waals surface area contributed by atoms with E-state index in [2.05, 4.69) is 74.7 Å². The normalized spacial score (nSPS) is 19.8. The van der Waals surface area contributed by atoms with Crippen LogP contribution in [0.2, 0.25) is 0 Å². The van der Waals surface area contributed by atoms with E-state index in [1.165, 1.54) is 128 Å². The smallest absolute Gasteiger partial charge is 0.306 e. The molecule has 0 aromatic rings. The molecular weight excluding hydrogens is 931 g/mol. The van der Waals surface area contributed by atoms with Crippen LogP contribution < -0.4 is 5.32 Å². The molecule has 1 fully saturated rings. The molecule has 1 aliphatic rings. The Kier molecular flexibility index (Phi) is 47.5. The van der Waals surface area contributed by atoms with Gasteiger partial charge in [-0.3, -0.25) is 9.59 Å². The second-order valence-corrected chi connectivity index (χ2v) is 20.7. The first-order chi connectivity index (χ1) is 36.2. The van der Waals surface area contributed by atoms with Gasteiger partial charge in [0.15, 0.2) is 12.4 Å². The Labute approximate surface area is 451 Å². The average molecular weight is 1040 g/mol. The summed E-state index contributed by atoms with van der Waals surface area (Å²) in [6.07, 6.45) is 53.8. The van der Waals surface area contributed by atoms with Crippen molar-refractivity contribution >= 4 is 11.9 Å². The van der Waals surface area contributed by atoms with Crippen molar-refractivity contribution in [2.45, 2.75) is 301 Å². The Balaban J connectivity index is 2.74. The van der Waals surface area contributed by atoms with Crippen LogP contribution in [0.3, 0.4) is 0 Å². The molecule has 0 radical (unpaired) electrons. The molecule has 0 aliphatic carbocycles. The van der Waals surface area contributed by atoms with Crippen molar-refractivity contribution in [3.05, 3.63) is 72.9 Å². The molecule has 0 aromatic heterocycles. The van der Waals surface area contributed by atoms with E-state index in [9.17, 15) is 35.1 Å². The number of allylic oxidation sites excluding steroid dienone is 11. The van der Waals surface area contributed by atoms with Gasteiger partial charge < -0.3 is 45.1 Å². The Bertz CT molecular complexity index is 1480. The third-order valence-electron chi connectivity index (χ3n) is 13.9. The molecule has 8 unspecified atom stereocenters. The number of amides is 1. The quantitative estimate of drug-likeness (QED) is 0.0195. The van der Waals surface area contributed by atoms with Crippen molar-refractivity contribution in [1.82, 2.24) is 5.32 Å². The summed E-state index contributed by atoms with van der Waals surface area (Å²) >= 11 is 0. The Hall–Kier alpha value is -2.90. The maximum atomic E-state index is 13.4. The van der Waals surface area contributed by atoms with E-state index in [1.54, 1.807) is 6.08 Å². The Morgan fingerprint density at radius 3 is 1.43 bits per heavy atom. The molecule has 11 nitrogen and oxygen atoms in total. The highest BCUT2D eigenvalue weighted by Gasteiger charge is 2.47. The molecule has 6 N–H and O–H groups in total. The molecule has 0 spiro atoms. The summed E-state index contributed by atoms with van der Waals surface area (Å²) in [6.45, 7) is 5.64. The fourth-order valence-corrected chi connectivity index (χ4v) is 9.10. The largest absolute Gasteiger partial charge is 0.454 e. The highest BCUT2D eigenvalue weighted by atomic mass is 16.7. The van der Waals surface area contributed by atoms with Gasteiger partial charge in [0, 0.05) is 6.42 Å². The summed E-state index contributed by atoms with van der Waals surface area (Å²) in [7, 11) is 0. The van der Waals surface area contributed by atoms with Gasteiger partial charge in [-0.1, -0.05) is 254 Å². The third-order valence-corrected chi connectivity index (χ3v) is 13.9. The number of carbonyl (C=O) groups excluding carboxylic acids is 2. The zero-order chi connectivity index (χ0) is 54.0. The first-order valence-electron chi connectivity index (χ1n) is 30.2. The van der Waals surface area contributed by atoms with E-state index in [4.69, 9.17) is 14.2 Å². The van der Waals surface area contributed by atoms with Gasteiger partial charge in [-0.15, -0.1) is 0 Å². The lowest BCUT2D eigenvalue weighted by Crippen LogP contribution is -2.61. The lowest BCUT2D eigenvalue weighted by Gasteiger charge is -2.41. The van der Waals surface area contributed by atoms with Gasteiger partial charge in [0.1, 0.15) is 24.4 Å². The summed E-state index contributed by atoms with van der Waals surface area (Å²) in [5, 5.41) is 56.8. The second kappa shape index (κ2) is 50.9. The number of aliphatic hydroxyl groups is 5. The molecule has 1 rings (SSSR count). The molecule has 1 amide bonds. The minimum Gasteiger partial charge on any atom is -0.454 e. The van der Waals surface area contributed by atoms with E-state index in [0.717, 1.165) is 77.0 Å². The van der Waals surface area contributed by atoms with Crippen molar-refractivity contribution in [2.75, 3.05) is 13.2 Å². The number of nitrogens with one attached hydrogen (secondary N) is 1. The monoisotopic (exact) mass is 1040 g/mol. The zero-order valence-corrected chi connectivity index (χ0v) is 47.2. The van der Waals surface area contributed by atoms with Crippen LogP contribution in [0.5, 0.6) is 0 Å². The maximum absolute atomic E-state index is 13.4. The number of rotatable bonds is 50. The number of hydrogen-bond acceptors (Lipinski definition) is 10. The van der Waals surface area contributed by atoms with E-state index < -0.39 is 67.4 Å². The highest BCUT2D eigenvalue weighted by molar-refractivity contribution is 5.80. The van der Waals surface area contributed by atoms with E-state index in [0.29, 0.717) is 12.8 Å². The molecule has 0 bridgehead atoms. The minimum atomic E-state index is -1.62. The van der Waals surface area contributed by atoms with Gasteiger partial charge >= 0.3 is 5.97 Å². The topological polar surface area (TPSA) is 175 Å². The molecule has 8 atom stereocenters. The predicted octanol–water partition coefficient (Wildman–Crippen LogP) is 14.0. The number of ether oxygens (including phenoxy) is 3. The van der Waals surface area contributed by atoms with Crippen molar-refractivity contribution in [2.24, 2.45) is 0 Å². The number of esters is 1. The third kappa shape index (κ3) is 38.6. The standard InChI is InChI=1S/C63H111NO10/c1-4-7-10-13-16-19-22-25-27-29-31-33-36-39-42-45-48-51-58(68)74-61-60(70)59(69)57(52-65)73-63(61)72-53-54(55(66)49-46-43-40-37-34-24-21-18-15-12-9-6-3)64-62(71)56(67)50-47-44-41-38-35-32-30-28-26-23-20-17-14-11-8-5-2/h8,11,17,20,26,28,32,35,41,44,46,49,54-57,59-61,63,65-67,69-70H,4-7,9-10,12-16,18-19,21-25,27,29-31,33-34,36-40,42-43,45,47-48,50-53H2,1-3H3,(H,64,71)/b11-8-,20-17-,28-26-,35-32-,44-41-,49-46+. The Morgan fingerprint density at radius 2 is 0.973 bits per heavy atom. The van der Waals surface area contributed by atoms with E-state index >= 15 is 0 Å². The molecule has 1 saturated heterocycles. The number of carbonyl (C=O) groups is 2. The van der Waals surface area contributed by atoms with E-state index in [-0.39, 0.29) is 19.4 Å². The average Bonchev–Trinajstić information content (AvgIpc) is 3.40. The lowest BCUT2D eigenvalue weighted by atomic mass is 9.99. The predicted molar refractivity (Wildman–Crippen MR) is 306 cm³/mol. The van der Waals surface area contributed by atoms with Gasteiger partial charge in [-0.05, 0) is 64.2 Å². The fourth-order valence-electron chi connectivity index (χ4n) is 9.10. The highest BCUT2D eigenvalue weighted by Crippen LogP contribution is 2.26. The van der Waals surface area contributed by atoms with Gasteiger partial charge in [0.25, 0.3) is 0 Å². The van der Waals surface area contributed by atoms with Crippen LogP contribution in [0.1, 0.15) is 252 Å².